The largest absolute Gasteiger partial charge is 0.497 e. The molecule has 0 radical (unpaired) electrons. The summed E-state index contributed by atoms with van der Waals surface area (Å²) in [6.07, 6.45) is 0.536. The lowest BCUT2D eigenvalue weighted by Gasteiger charge is -2.29. The zero-order chi connectivity index (χ0) is 15.2. The molecule has 21 heavy (non-hydrogen) atoms. The lowest BCUT2D eigenvalue weighted by molar-refractivity contribution is -0.153. The Kier molecular flexibility index (Phi) is 5.33. The van der Waals surface area contributed by atoms with E-state index < -0.39 is 5.92 Å². The van der Waals surface area contributed by atoms with Gasteiger partial charge >= 0.3 is 5.97 Å². The third kappa shape index (κ3) is 4.04. The fraction of sp³-hybridized carbons (Fsp3) is 0.500. The van der Waals surface area contributed by atoms with Gasteiger partial charge in [0.1, 0.15) is 11.7 Å². The number of piperidine rings is 1. The monoisotopic (exact) mass is 291 g/mol. The zero-order valence-electron chi connectivity index (χ0n) is 12.5. The number of benzene rings is 1. The van der Waals surface area contributed by atoms with E-state index in [1.165, 1.54) is 0 Å². The molecule has 1 fully saturated rings. The highest BCUT2D eigenvalue weighted by atomic mass is 16.5. The highest BCUT2D eigenvalue weighted by molar-refractivity contribution is 6.00. The molecule has 1 saturated heterocycles. The van der Waals surface area contributed by atoms with Crippen molar-refractivity contribution in [1.82, 2.24) is 4.90 Å². The van der Waals surface area contributed by atoms with Gasteiger partial charge in [-0.25, -0.2) is 0 Å². The first-order valence-corrected chi connectivity index (χ1v) is 7.18. The van der Waals surface area contributed by atoms with E-state index in [2.05, 4.69) is 4.90 Å². The minimum absolute atomic E-state index is 0.0480. The second-order valence-corrected chi connectivity index (χ2v) is 5.12. The predicted octanol–water partition coefficient (Wildman–Crippen LogP) is 1.65. The van der Waals surface area contributed by atoms with Crippen LogP contribution in [0, 0.1) is 5.92 Å². The Labute approximate surface area is 124 Å². The summed E-state index contributed by atoms with van der Waals surface area (Å²) in [5, 5.41) is 0. The van der Waals surface area contributed by atoms with E-state index in [4.69, 9.17) is 9.47 Å². The van der Waals surface area contributed by atoms with Crippen molar-refractivity contribution in [2.75, 3.05) is 26.8 Å². The molecule has 0 N–H and O–H groups in total. The van der Waals surface area contributed by atoms with E-state index in [0.717, 1.165) is 17.9 Å². The van der Waals surface area contributed by atoms with Crippen molar-refractivity contribution in [3.63, 3.8) is 0 Å². The van der Waals surface area contributed by atoms with Gasteiger partial charge in [0, 0.05) is 13.1 Å². The minimum atomic E-state index is -0.586. The molecule has 5 nitrogen and oxygen atoms in total. The molecule has 1 aliphatic rings. The third-order valence-corrected chi connectivity index (χ3v) is 3.64. The molecule has 0 saturated carbocycles. The summed E-state index contributed by atoms with van der Waals surface area (Å²) in [7, 11) is 1.63. The summed E-state index contributed by atoms with van der Waals surface area (Å²) < 4.78 is 10.1. The molecule has 0 amide bonds. The zero-order valence-corrected chi connectivity index (χ0v) is 12.5. The van der Waals surface area contributed by atoms with E-state index in [1.54, 1.807) is 14.0 Å². The topological polar surface area (TPSA) is 55.8 Å². The molecule has 114 valence electrons. The van der Waals surface area contributed by atoms with Crippen molar-refractivity contribution in [2.24, 2.45) is 5.92 Å². The molecule has 1 atom stereocenters. The molecule has 1 aromatic rings. The first kappa shape index (κ1) is 15.5. The van der Waals surface area contributed by atoms with Crippen LogP contribution < -0.4 is 4.74 Å². The number of methoxy groups -OCH3 is 1. The number of carbonyl (C=O) groups excluding carboxylic acids is 2. The number of carbonyl (C=O) groups is 2. The molecule has 1 aliphatic heterocycles. The van der Waals surface area contributed by atoms with Crippen LogP contribution in [-0.4, -0.2) is 43.5 Å². The predicted molar refractivity (Wildman–Crippen MR) is 78.0 cm³/mol. The van der Waals surface area contributed by atoms with E-state index >= 15 is 0 Å². The van der Waals surface area contributed by atoms with Gasteiger partial charge in [-0.2, -0.15) is 0 Å². The SMILES string of the molecule is CCOC(=O)C1CCN(Cc2ccc(OC)cc2)CC1=O. The number of nitrogens with zero attached hydrogens (tertiary/aromatic N) is 1. The summed E-state index contributed by atoms with van der Waals surface area (Å²) in [6, 6.07) is 7.78. The molecule has 0 aromatic heterocycles. The summed E-state index contributed by atoms with van der Waals surface area (Å²) in [4.78, 5) is 25.8. The van der Waals surface area contributed by atoms with Gasteiger partial charge in [0.05, 0.1) is 20.3 Å². The number of ketones is 1. The quantitative estimate of drug-likeness (QED) is 0.610. The van der Waals surface area contributed by atoms with E-state index in [9.17, 15) is 9.59 Å². The van der Waals surface area contributed by atoms with Crippen LogP contribution in [0.4, 0.5) is 0 Å². The Hall–Kier alpha value is -1.88. The van der Waals surface area contributed by atoms with Crippen LogP contribution in [0.3, 0.4) is 0 Å². The minimum Gasteiger partial charge on any atom is -0.497 e. The van der Waals surface area contributed by atoms with Crippen molar-refractivity contribution in [3.05, 3.63) is 29.8 Å². The van der Waals surface area contributed by atoms with Gasteiger partial charge in [0.25, 0.3) is 0 Å². The van der Waals surface area contributed by atoms with Crippen molar-refractivity contribution in [2.45, 2.75) is 19.9 Å². The lowest BCUT2D eigenvalue weighted by atomic mass is 9.95. The number of rotatable bonds is 5. The van der Waals surface area contributed by atoms with Crippen LogP contribution in [0.15, 0.2) is 24.3 Å². The number of likely N-dealkylation sites (tertiary alicyclic amines) is 1. The second-order valence-electron chi connectivity index (χ2n) is 5.12. The Bertz CT molecular complexity index is 498. The average molecular weight is 291 g/mol. The highest BCUT2D eigenvalue weighted by Crippen LogP contribution is 2.19. The first-order valence-electron chi connectivity index (χ1n) is 7.18. The van der Waals surface area contributed by atoms with Gasteiger partial charge in [-0.15, -0.1) is 0 Å². The summed E-state index contributed by atoms with van der Waals surface area (Å²) in [6.45, 7) is 3.79. The van der Waals surface area contributed by atoms with Gasteiger partial charge < -0.3 is 9.47 Å². The number of ether oxygens (including phenoxy) is 2. The Balaban J connectivity index is 1.90. The number of hydrogen-bond acceptors (Lipinski definition) is 5. The van der Waals surface area contributed by atoms with E-state index in [1.807, 2.05) is 24.3 Å². The van der Waals surface area contributed by atoms with Gasteiger partial charge in [0.2, 0.25) is 0 Å². The van der Waals surface area contributed by atoms with Crippen LogP contribution >= 0.6 is 0 Å². The molecule has 0 bridgehead atoms. The fourth-order valence-corrected chi connectivity index (χ4v) is 2.50. The van der Waals surface area contributed by atoms with Crippen molar-refractivity contribution in [3.8, 4) is 5.75 Å². The van der Waals surface area contributed by atoms with Gasteiger partial charge in [-0.3, -0.25) is 14.5 Å². The molecule has 0 aliphatic carbocycles. The Morgan fingerprint density at radius 3 is 2.62 bits per heavy atom. The summed E-state index contributed by atoms with van der Waals surface area (Å²) >= 11 is 0. The van der Waals surface area contributed by atoms with E-state index in [0.29, 0.717) is 26.1 Å². The fourth-order valence-electron chi connectivity index (χ4n) is 2.50. The van der Waals surface area contributed by atoms with Crippen molar-refractivity contribution < 1.29 is 19.1 Å². The van der Waals surface area contributed by atoms with Crippen LogP contribution in [0.2, 0.25) is 0 Å². The number of esters is 1. The molecule has 1 aromatic carbocycles. The summed E-state index contributed by atoms with van der Waals surface area (Å²) in [5.74, 6) is -0.201. The molecular formula is C16H21NO4. The van der Waals surface area contributed by atoms with Crippen molar-refractivity contribution in [1.29, 1.82) is 0 Å². The van der Waals surface area contributed by atoms with Crippen LogP contribution in [0.25, 0.3) is 0 Å². The highest BCUT2D eigenvalue weighted by Gasteiger charge is 2.33. The standard InChI is InChI=1S/C16H21NO4/c1-3-21-16(19)14-8-9-17(11-15(14)18)10-12-4-6-13(20-2)7-5-12/h4-7,14H,3,8-11H2,1-2H3. The van der Waals surface area contributed by atoms with E-state index in [-0.39, 0.29) is 11.8 Å². The molecule has 1 heterocycles. The molecule has 1 unspecified atom stereocenters. The normalized spacial score (nSPS) is 19.3. The maximum absolute atomic E-state index is 12.0. The summed E-state index contributed by atoms with van der Waals surface area (Å²) in [5.41, 5.74) is 1.12. The molecular weight excluding hydrogens is 270 g/mol. The first-order chi connectivity index (χ1) is 10.1. The molecule has 5 heteroatoms. The number of hydrogen-bond donors (Lipinski definition) is 0. The second kappa shape index (κ2) is 7.22. The van der Waals surface area contributed by atoms with Crippen LogP contribution in [0.1, 0.15) is 18.9 Å². The van der Waals surface area contributed by atoms with Gasteiger partial charge in [0.15, 0.2) is 5.78 Å². The van der Waals surface area contributed by atoms with Crippen LogP contribution in [0.5, 0.6) is 5.75 Å². The Morgan fingerprint density at radius 1 is 1.33 bits per heavy atom. The Morgan fingerprint density at radius 2 is 2.05 bits per heavy atom. The van der Waals surface area contributed by atoms with Crippen molar-refractivity contribution >= 4 is 11.8 Å². The lowest BCUT2D eigenvalue weighted by Crippen LogP contribution is -2.43. The maximum Gasteiger partial charge on any atom is 0.316 e. The molecule has 2 rings (SSSR count). The smallest absolute Gasteiger partial charge is 0.316 e. The average Bonchev–Trinajstić information content (AvgIpc) is 2.48. The van der Waals surface area contributed by atoms with Crippen LogP contribution in [-0.2, 0) is 20.9 Å². The van der Waals surface area contributed by atoms with Gasteiger partial charge in [-0.05, 0) is 31.0 Å². The molecule has 0 spiro atoms. The third-order valence-electron chi connectivity index (χ3n) is 3.64. The number of Topliss-reactive ketones (excluding diaryl/α,β-unsaturated/α-hetero) is 1. The van der Waals surface area contributed by atoms with Gasteiger partial charge in [-0.1, -0.05) is 12.1 Å². The maximum atomic E-state index is 12.0.